The predicted octanol–water partition coefficient (Wildman–Crippen LogP) is 6.24. The fourth-order valence-electron chi connectivity index (χ4n) is 6.12. The minimum absolute atomic E-state index is 0.134. The Balaban J connectivity index is 1.28. The minimum atomic E-state index is -0.363. The second kappa shape index (κ2) is 10.6. The fourth-order valence-corrected chi connectivity index (χ4v) is 6.12. The molecule has 6 rings (SSSR count). The molecule has 0 bridgehead atoms. The first kappa shape index (κ1) is 24.6. The van der Waals surface area contributed by atoms with Gasteiger partial charge in [0.25, 0.3) is 0 Å². The Morgan fingerprint density at radius 3 is 2.58 bits per heavy atom. The Kier molecular flexibility index (Phi) is 6.83. The lowest BCUT2D eigenvalue weighted by Gasteiger charge is -2.21. The number of ether oxygens (including phenoxy) is 1. The monoisotopic (exact) mass is 509 g/mol. The van der Waals surface area contributed by atoms with Crippen LogP contribution >= 0.6 is 0 Å². The number of esters is 1. The van der Waals surface area contributed by atoms with Gasteiger partial charge in [0.2, 0.25) is 0 Å². The zero-order chi connectivity index (χ0) is 26.1. The Morgan fingerprint density at radius 2 is 1.82 bits per heavy atom. The molecule has 196 valence electrons. The standard InChI is InChI=1S/C31H35N5O2/c1-35-20-29(33-34-35)26-18-27(26)30-28(31(37)38-2)19-32-36(30)25-13-7-12-24(17-25)23-11-6-10-22(16-23)15-14-21-8-4-3-5-9-21/h6-7,10-13,16-17,19-21,26-27H,3-5,8-9,14-15,18H2,1-2H3/t26-,27-/m1/s1. The van der Waals surface area contributed by atoms with Gasteiger partial charge in [-0.15, -0.1) is 5.10 Å². The van der Waals surface area contributed by atoms with Crippen molar-refractivity contribution < 1.29 is 9.53 Å². The largest absolute Gasteiger partial charge is 0.465 e. The van der Waals surface area contributed by atoms with Crippen molar-refractivity contribution in [3.63, 3.8) is 0 Å². The first-order valence-corrected chi connectivity index (χ1v) is 13.8. The molecular weight excluding hydrogens is 474 g/mol. The molecule has 2 fully saturated rings. The Labute approximate surface area is 223 Å². The highest BCUT2D eigenvalue weighted by Crippen LogP contribution is 2.55. The average molecular weight is 510 g/mol. The van der Waals surface area contributed by atoms with Crippen molar-refractivity contribution in [2.75, 3.05) is 7.11 Å². The maximum Gasteiger partial charge on any atom is 0.341 e. The van der Waals surface area contributed by atoms with Crippen LogP contribution < -0.4 is 0 Å². The SMILES string of the molecule is COC(=O)c1cnn(-c2cccc(-c3cccc(CCC4CCCCC4)c3)c2)c1[C@@H]1C[C@H]1c1cn(C)nn1. The van der Waals surface area contributed by atoms with E-state index in [0.717, 1.165) is 41.4 Å². The van der Waals surface area contributed by atoms with Crippen LogP contribution in [0.2, 0.25) is 0 Å². The normalized spacial score (nSPS) is 19.4. The van der Waals surface area contributed by atoms with Gasteiger partial charge in [-0.1, -0.05) is 73.7 Å². The van der Waals surface area contributed by atoms with E-state index in [4.69, 9.17) is 4.74 Å². The molecule has 2 aromatic heterocycles. The van der Waals surface area contributed by atoms with Crippen molar-refractivity contribution in [3.8, 4) is 16.8 Å². The Morgan fingerprint density at radius 1 is 1.03 bits per heavy atom. The molecular formula is C31H35N5O2. The third-order valence-electron chi connectivity index (χ3n) is 8.27. The summed E-state index contributed by atoms with van der Waals surface area (Å²) in [6, 6.07) is 17.4. The highest BCUT2D eigenvalue weighted by Gasteiger charge is 2.46. The van der Waals surface area contributed by atoms with Gasteiger partial charge >= 0.3 is 5.97 Å². The maximum absolute atomic E-state index is 12.7. The number of hydrogen-bond acceptors (Lipinski definition) is 5. The van der Waals surface area contributed by atoms with Gasteiger partial charge in [-0.25, -0.2) is 9.48 Å². The van der Waals surface area contributed by atoms with Crippen LogP contribution in [0.4, 0.5) is 0 Å². The summed E-state index contributed by atoms with van der Waals surface area (Å²) < 4.78 is 8.72. The van der Waals surface area contributed by atoms with Gasteiger partial charge in [-0.2, -0.15) is 5.10 Å². The number of methoxy groups -OCH3 is 1. The van der Waals surface area contributed by atoms with Crippen molar-refractivity contribution in [3.05, 3.63) is 83.4 Å². The molecule has 7 nitrogen and oxygen atoms in total. The van der Waals surface area contributed by atoms with E-state index in [0.29, 0.717) is 5.56 Å². The highest BCUT2D eigenvalue weighted by atomic mass is 16.5. The molecule has 38 heavy (non-hydrogen) atoms. The summed E-state index contributed by atoms with van der Waals surface area (Å²) in [7, 11) is 3.28. The molecule has 2 aliphatic rings. The van der Waals surface area contributed by atoms with Crippen LogP contribution in [0, 0.1) is 5.92 Å². The highest BCUT2D eigenvalue weighted by molar-refractivity contribution is 5.91. The van der Waals surface area contributed by atoms with Crippen molar-refractivity contribution in [2.45, 2.75) is 63.2 Å². The minimum Gasteiger partial charge on any atom is -0.465 e. The third kappa shape index (κ3) is 5.02. The number of benzene rings is 2. The quantitative estimate of drug-likeness (QED) is 0.263. The average Bonchev–Trinajstić information content (AvgIpc) is 3.41. The summed E-state index contributed by atoms with van der Waals surface area (Å²) >= 11 is 0. The lowest BCUT2D eigenvalue weighted by atomic mass is 9.85. The van der Waals surface area contributed by atoms with E-state index < -0.39 is 0 Å². The number of aromatic nitrogens is 5. The zero-order valence-electron chi connectivity index (χ0n) is 22.2. The van der Waals surface area contributed by atoms with Gasteiger partial charge in [-0.3, -0.25) is 4.68 Å². The molecule has 0 amide bonds. The van der Waals surface area contributed by atoms with Crippen molar-refractivity contribution in [1.82, 2.24) is 24.8 Å². The number of rotatable bonds is 8. The van der Waals surface area contributed by atoms with Gasteiger partial charge < -0.3 is 4.74 Å². The van der Waals surface area contributed by atoms with Crippen molar-refractivity contribution in [2.24, 2.45) is 13.0 Å². The molecule has 2 saturated carbocycles. The Bertz CT molecular complexity index is 1430. The Hall–Kier alpha value is -3.74. The molecule has 2 heterocycles. The molecule has 4 aromatic rings. The molecule has 7 heteroatoms. The molecule has 0 N–H and O–H groups in total. The van der Waals surface area contributed by atoms with E-state index in [9.17, 15) is 4.79 Å². The topological polar surface area (TPSA) is 74.8 Å². The molecule has 2 atom stereocenters. The number of hydrogen-bond donors (Lipinski definition) is 0. The van der Waals surface area contributed by atoms with E-state index >= 15 is 0 Å². The summed E-state index contributed by atoms with van der Waals surface area (Å²) in [5.74, 6) is 0.866. The lowest BCUT2D eigenvalue weighted by molar-refractivity contribution is 0.0599. The van der Waals surface area contributed by atoms with Crippen LogP contribution in [-0.4, -0.2) is 37.9 Å². The van der Waals surface area contributed by atoms with Crippen molar-refractivity contribution >= 4 is 5.97 Å². The molecule has 0 saturated heterocycles. The fraction of sp³-hybridized carbons (Fsp3) is 0.419. The molecule has 0 radical (unpaired) electrons. The number of aryl methyl sites for hydroxylation is 2. The number of carbonyl (C=O) groups is 1. The van der Waals surface area contributed by atoms with E-state index in [2.05, 4.69) is 57.9 Å². The van der Waals surface area contributed by atoms with Crippen LogP contribution in [0.15, 0.2) is 60.9 Å². The van der Waals surface area contributed by atoms with Gasteiger partial charge in [0.05, 0.1) is 30.4 Å². The number of carbonyl (C=O) groups excluding carboxylic acids is 1. The summed E-state index contributed by atoms with van der Waals surface area (Å²) in [6.45, 7) is 0. The van der Waals surface area contributed by atoms with E-state index in [1.54, 1.807) is 10.9 Å². The van der Waals surface area contributed by atoms with Gasteiger partial charge in [0.15, 0.2) is 0 Å². The number of nitrogens with zero attached hydrogens (tertiary/aromatic N) is 5. The van der Waals surface area contributed by atoms with Crippen LogP contribution in [0.3, 0.4) is 0 Å². The van der Waals surface area contributed by atoms with Gasteiger partial charge in [0.1, 0.15) is 5.56 Å². The molecule has 0 unspecified atom stereocenters. The molecule has 2 aromatic carbocycles. The van der Waals surface area contributed by atoms with Crippen LogP contribution in [-0.2, 0) is 18.2 Å². The summed E-state index contributed by atoms with van der Waals surface area (Å²) in [5.41, 5.74) is 7.02. The summed E-state index contributed by atoms with van der Waals surface area (Å²) in [6.07, 6.45) is 13.9. The first-order chi connectivity index (χ1) is 18.6. The summed E-state index contributed by atoms with van der Waals surface area (Å²) in [4.78, 5) is 12.7. The third-order valence-corrected chi connectivity index (χ3v) is 8.27. The molecule has 0 aliphatic heterocycles. The first-order valence-electron chi connectivity index (χ1n) is 13.8. The molecule has 0 spiro atoms. The van der Waals surface area contributed by atoms with Gasteiger partial charge in [-0.05, 0) is 54.0 Å². The van der Waals surface area contributed by atoms with E-state index in [1.165, 1.54) is 56.8 Å². The van der Waals surface area contributed by atoms with Gasteiger partial charge in [0, 0.05) is 25.1 Å². The van der Waals surface area contributed by atoms with E-state index in [1.807, 2.05) is 24.0 Å². The second-order valence-electron chi connectivity index (χ2n) is 10.9. The molecule has 2 aliphatic carbocycles. The van der Waals surface area contributed by atoms with Crippen molar-refractivity contribution in [1.29, 1.82) is 0 Å². The van der Waals surface area contributed by atoms with Crippen LogP contribution in [0.5, 0.6) is 0 Å². The predicted molar refractivity (Wildman–Crippen MR) is 146 cm³/mol. The maximum atomic E-state index is 12.7. The summed E-state index contributed by atoms with van der Waals surface area (Å²) in [5, 5.41) is 13.1. The van der Waals surface area contributed by atoms with E-state index in [-0.39, 0.29) is 17.8 Å². The zero-order valence-corrected chi connectivity index (χ0v) is 22.2. The smallest absolute Gasteiger partial charge is 0.341 e. The van der Waals surface area contributed by atoms with Crippen LogP contribution in [0.1, 0.15) is 84.1 Å². The lowest BCUT2D eigenvalue weighted by Crippen LogP contribution is -2.08. The van der Waals surface area contributed by atoms with Crippen LogP contribution in [0.25, 0.3) is 16.8 Å². The second-order valence-corrected chi connectivity index (χ2v) is 10.9.